The van der Waals surface area contributed by atoms with Crippen molar-refractivity contribution in [2.24, 2.45) is 0 Å². The van der Waals surface area contributed by atoms with Gasteiger partial charge in [0.2, 0.25) is 5.91 Å². The number of hydrogen-bond acceptors (Lipinski definition) is 5. The third-order valence-electron chi connectivity index (χ3n) is 6.88. The summed E-state index contributed by atoms with van der Waals surface area (Å²) in [5, 5.41) is 3.94. The zero-order valence-electron chi connectivity index (χ0n) is 18.6. The van der Waals surface area contributed by atoms with E-state index in [1.165, 1.54) is 0 Å². The van der Waals surface area contributed by atoms with Crippen LogP contribution in [0.15, 0.2) is 42.5 Å². The Morgan fingerprint density at radius 1 is 1.09 bits per heavy atom. The van der Waals surface area contributed by atoms with Crippen LogP contribution in [0, 0.1) is 0 Å². The summed E-state index contributed by atoms with van der Waals surface area (Å²) in [7, 11) is 0. The summed E-state index contributed by atoms with van der Waals surface area (Å²) in [5.74, 6) is 0.581. The molecule has 8 heteroatoms. The number of hydrogen-bond donors (Lipinski definition) is 1. The molecule has 0 aliphatic carbocycles. The van der Waals surface area contributed by atoms with Crippen molar-refractivity contribution in [3.8, 4) is 11.1 Å². The van der Waals surface area contributed by atoms with Gasteiger partial charge in [-0.25, -0.2) is 0 Å². The molecule has 2 fully saturated rings. The molecule has 2 atom stereocenters. The van der Waals surface area contributed by atoms with E-state index in [4.69, 9.17) is 11.6 Å². The topological polar surface area (TPSA) is 69.7 Å². The molecular formula is C25H26ClN3O3S. The summed E-state index contributed by atoms with van der Waals surface area (Å²) in [4.78, 5) is 43.4. The number of Topliss-reactive ketones (excluding diaryl/α,β-unsaturated/α-hetero) is 1. The lowest BCUT2D eigenvalue weighted by Crippen LogP contribution is -2.62. The number of thioether (sulfide) groups is 1. The molecule has 33 heavy (non-hydrogen) atoms. The molecular weight excluding hydrogens is 458 g/mol. The van der Waals surface area contributed by atoms with Gasteiger partial charge in [-0.2, -0.15) is 0 Å². The van der Waals surface area contributed by atoms with Gasteiger partial charge in [0.1, 0.15) is 12.1 Å². The molecule has 172 valence electrons. The Hall–Kier alpha value is -2.35. The van der Waals surface area contributed by atoms with E-state index < -0.39 is 6.04 Å². The molecule has 2 aromatic carbocycles. The van der Waals surface area contributed by atoms with Gasteiger partial charge in [0.25, 0.3) is 5.91 Å². The van der Waals surface area contributed by atoms with Crippen molar-refractivity contribution in [2.45, 2.75) is 37.1 Å². The van der Waals surface area contributed by atoms with E-state index >= 15 is 0 Å². The first-order valence-electron chi connectivity index (χ1n) is 11.1. The third-order valence-corrected chi connectivity index (χ3v) is 8.42. The van der Waals surface area contributed by atoms with Crippen LogP contribution in [0.25, 0.3) is 11.1 Å². The largest absolute Gasteiger partial charge is 0.337 e. The van der Waals surface area contributed by atoms with Crippen LogP contribution in [0.3, 0.4) is 0 Å². The van der Waals surface area contributed by atoms with Crippen molar-refractivity contribution in [1.82, 2.24) is 15.1 Å². The number of amides is 2. The maximum absolute atomic E-state index is 13.5. The lowest BCUT2D eigenvalue weighted by Gasteiger charge is -2.41. The van der Waals surface area contributed by atoms with E-state index in [0.717, 1.165) is 22.6 Å². The van der Waals surface area contributed by atoms with Crippen molar-refractivity contribution in [2.75, 3.05) is 25.5 Å². The predicted octanol–water partition coefficient (Wildman–Crippen LogP) is 3.23. The predicted molar refractivity (Wildman–Crippen MR) is 130 cm³/mol. The summed E-state index contributed by atoms with van der Waals surface area (Å²) in [6.45, 7) is 5.16. The first-order valence-corrected chi connectivity index (χ1v) is 12.5. The standard InChI is InChI=1S/C25H26ClN3O3S/c1-25(2)22(27-14-33-25)24(32)28-9-10-29-20(13-28)21(30)12-17-4-3-16(11-19(17)23(29)31)15-5-7-18(26)8-6-15/h3-8,11,20,22,27H,9-10,12-14H2,1-2H3. The first-order chi connectivity index (χ1) is 15.7. The Morgan fingerprint density at radius 2 is 1.82 bits per heavy atom. The Morgan fingerprint density at radius 3 is 2.52 bits per heavy atom. The van der Waals surface area contributed by atoms with Gasteiger partial charge in [-0.05, 0) is 48.7 Å². The third kappa shape index (κ3) is 4.07. The molecule has 3 heterocycles. The number of benzene rings is 2. The SMILES string of the molecule is CC1(C)SCNC1C(=O)N1CCN2C(=O)c3cc(-c4ccc(Cl)cc4)ccc3CC(=O)C2C1. The molecule has 3 aliphatic heterocycles. The molecule has 5 rings (SSSR count). The summed E-state index contributed by atoms with van der Waals surface area (Å²) in [5.41, 5.74) is 3.17. The fourth-order valence-corrected chi connectivity index (χ4v) is 6.02. The summed E-state index contributed by atoms with van der Waals surface area (Å²) >= 11 is 7.73. The van der Waals surface area contributed by atoms with E-state index in [-0.39, 0.29) is 41.4 Å². The zero-order valence-corrected chi connectivity index (χ0v) is 20.2. The molecule has 2 unspecified atom stereocenters. The molecule has 0 radical (unpaired) electrons. The fraction of sp³-hybridized carbons (Fsp3) is 0.400. The van der Waals surface area contributed by atoms with Crippen LogP contribution in [0.1, 0.15) is 29.8 Å². The minimum Gasteiger partial charge on any atom is -0.337 e. The van der Waals surface area contributed by atoms with Gasteiger partial charge >= 0.3 is 0 Å². The second kappa shape index (κ2) is 8.46. The van der Waals surface area contributed by atoms with E-state index in [0.29, 0.717) is 23.7 Å². The lowest BCUT2D eigenvalue weighted by molar-refractivity contribution is -0.138. The fourth-order valence-electron chi connectivity index (χ4n) is 4.92. The van der Waals surface area contributed by atoms with Crippen LogP contribution >= 0.6 is 23.4 Å². The number of carbonyl (C=O) groups excluding carboxylic acids is 3. The highest BCUT2D eigenvalue weighted by atomic mass is 35.5. The van der Waals surface area contributed by atoms with Gasteiger partial charge in [-0.15, -0.1) is 11.8 Å². The van der Waals surface area contributed by atoms with Gasteiger partial charge in [-0.3, -0.25) is 19.7 Å². The maximum atomic E-state index is 13.5. The monoisotopic (exact) mass is 483 g/mol. The molecule has 0 aromatic heterocycles. The Labute approximate surface area is 202 Å². The maximum Gasteiger partial charge on any atom is 0.254 e. The van der Waals surface area contributed by atoms with Crippen LogP contribution in [0.2, 0.25) is 5.02 Å². The van der Waals surface area contributed by atoms with Crippen LogP contribution in [0.5, 0.6) is 0 Å². The van der Waals surface area contributed by atoms with Crippen molar-refractivity contribution < 1.29 is 14.4 Å². The molecule has 2 aromatic rings. The normalized spacial score (nSPS) is 24.3. The average molecular weight is 484 g/mol. The second-order valence-corrected chi connectivity index (χ2v) is 11.4. The number of rotatable bonds is 2. The van der Waals surface area contributed by atoms with Crippen LogP contribution in [-0.2, 0) is 16.0 Å². The molecule has 3 aliphatic rings. The van der Waals surface area contributed by atoms with Crippen LogP contribution in [0.4, 0.5) is 0 Å². The van der Waals surface area contributed by atoms with Crippen molar-refractivity contribution >= 4 is 41.0 Å². The Bertz CT molecular complexity index is 1130. The zero-order chi connectivity index (χ0) is 23.3. The van der Waals surface area contributed by atoms with Gasteiger partial charge in [0.05, 0.1) is 0 Å². The molecule has 0 bridgehead atoms. The van der Waals surface area contributed by atoms with E-state index in [2.05, 4.69) is 19.2 Å². The number of ketones is 1. The summed E-state index contributed by atoms with van der Waals surface area (Å²) in [6.07, 6.45) is 0.189. The van der Waals surface area contributed by atoms with E-state index in [1.54, 1.807) is 21.6 Å². The number of nitrogens with zero attached hydrogens (tertiary/aromatic N) is 2. The number of carbonyl (C=O) groups is 3. The Balaban J connectivity index is 1.40. The average Bonchev–Trinajstić information content (AvgIpc) is 3.12. The Kier molecular flexibility index (Phi) is 5.75. The van der Waals surface area contributed by atoms with Gasteiger partial charge < -0.3 is 9.80 Å². The highest BCUT2D eigenvalue weighted by Crippen LogP contribution is 2.35. The first kappa shape index (κ1) is 22.4. The van der Waals surface area contributed by atoms with Crippen molar-refractivity contribution in [3.05, 3.63) is 58.6 Å². The van der Waals surface area contributed by atoms with E-state index in [9.17, 15) is 14.4 Å². The lowest BCUT2D eigenvalue weighted by atomic mass is 9.96. The number of halogens is 1. The van der Waals surface area contributed by atoms with Crippen molar-refractivity contribution in [1.29, 1.82) is 0 Å². The number of nitrogens with one attached hydrogen (secondary N) is 1. The summed E-state index contributed by atoms with van der Waals surface area (Å²) < 4.78 is -0.203. The molecule has 0 saturated carbocycles. The molecule has 0 spiro atoms. The number of fused-ring (bicyclic) bond motifs is 2. The molecule has 2 amide bonds. The minimum atomic E-state index is -0.612. The smallest absolute Gasteiger partial charge is 0.254 e. The molecule has 2 saturated heterocycles. The molecule has 1 N–H and O–H groups in total. The van der Waals surface area contributed by atoms with Gasteiger partial charge in [0.15, 0.2) is 5.78 Å². The molecule has 6 nitrogen and oxygen atoms in total. The van der Waals surface area contributed by atoms with Crippen molar-refractivity contribution in [3.63, 3.8) is 0 Å². The highest BCUT2D eigenvalue weighted by molar-refractivity contribution is 8.00. The van der Waals surface area contributed by atoms with Crippen LogP contribution in [-0.4, -0.2) is 69.7 Å². The van der Waals surface area contributed by atoms with E-state index in [1.807, 2.05) is 42.5 Å². The quantitative estimate of drug-likeness (QED) is 0.710. The summed E-state index contributed by atoms with van der Waals surface area (Å²) in [6, 6.07) is 12.3. The second-order valence-electron chi connectivity index (χ2n) is 9.35. The highest BCUT2D eigenvalue weighted by Gasteiger charge is 2.45. The van der Waals surface area contributed by atoms with Crippen LogP contribution < -0.4 is 5.32 Å². The number of piperazine rings is 1. The van der Waals surface area contributed by atoms with Gasteiger partial charge in [-0.1, -0.05) is 35.9 Å². The van der Waals surface area contributed by atoms with Gasteiger partial charge in [0, 0.05) is 47.3 Å². The minimum absolute atomic E-state index is 0.0108.